The number of nitro groups is 1. The highest BCUT2D eigenvalue weighted by Gasteiger charge is 2.26. The Morgan fingerprint density at radius 1 is 1.47 bits per heavy atom. The van der Waals surface area contributed by atoms with Crippen LogP contribution in [0.25, 0.3) is 0 Å². The molecule has 1 fully saturated rings. The normalized spacial score (nSPS) is 20.1. The molecule has 1 unspecified atom stereocenters. The van der Waals surface area contributed by atoms with Gasteiger partial charge in [-0.3, -0.25) is 19.8 Å². The summed E-state index contributed by atoms with van der Waals surface area (Å²) in [5.74, 6) is -1.15. The highest BCUT2D eigenvalue weighted by atomic mass is 16.6. The molecule has 1 aliphatic rings. The first-order valence-electron chi connectivity index (χ1n) is 6.25. The van der Waals surface area contributed by atoms with Gasteiger partial charge in [0, 0.05) is 24.7 Å². The Hall–Kier alpha value is -1.95. The van der Waals surface area contributed by atoms with E-state index in [0.29, 0.717) is 25.1 Å². The van der Waals surface area contributed by atoms with Crippen molar-refractivity contribution in [3.05, 3.63) is 39.9 Å². The third-order valence-electron chi connectivity index (χ3n) is 3.44. The number of hydrogen-bond donors (Lipinski definition) is 1. The number of piperidine rings is 1. The Labute approximate surface area is 110 Å². The number of nitro benzene ring substituents is 1. The first kappa shape index (κ1) is 13.5. The molecular formula is C13H16N2O4. The van der Waals surface area contributed by atoms with Crippen molar-refractivity contribution in [2.24, 2.45) is 5.92 Å². The van der Waals surface area contributed by atoms with Crippen LogP contribution in [-0.4, -0.2) is 34.0 Å². The Balaban J connectivity index is 2.09. The first-order chi connectivity index (χ1) is 9.08. The lowest BCUT2D eigenvalue weighted by Crippen LogP contribution is -2.38. The molecular weight excluding hydrogens is 248 g/mol. The quantitative estimate of drug-likeness (QED) is 0.663. The second kappa shape index (κ2) is 5.79. The summed E-state index contributed by atoms with van der Waals surface area (Å²) >= 11 is 0. The van der Waals surface area contributed by atoms with Crippen molar-refractivity contribution >= 4 is 11.7 Å². The van der Waals surface area contributed by atoms with Gasteiger partial charge in [-0.25, -0.2) is 0 Å². The largest absolute Gasteiger partial charge is 0.481 e. The smallest absolute Gasteiger partial charge is 0.307 e. The molecule has 0 spiro atoms. The fraction of sp³-hybridized carbons (Fsp3) is 0.462. The molecule has 0 aliphatic carbocycles. The molecule has 6 nitrogen and oxygen atoms in total. The molecule has 0 radical (unpaired) electrons. The molecule has 1 aliphatic heterocycles. The average Bonchev–Trinajstić information content (AvgIpc) is 2.39. The molecule has 6 heteroatoms. The van der Waals surface area contributed by atoms with E-state index in [0.717, 1.165) is 13.0 Å². The van der Waals surface area contributed by atoms with Crippen LogP contribution in [0.5, 0.6) is 0 Å². The molecule has 1 aromatic carbocycles. The molecule has 0 saturated carbocycles. The summed E-state index contributed by atoms with van der Waals surface area (Å²) in [5, 5.41) is 20.0. The van der Waals surface area contributed by atoms with Gasteiger partial charge in [0.2, 0.25) is 0 Å². The fourth-order valence-corrected chi connectivity index (χ4v) is 2.46. The number of benzene rings is 1. The van der Waals surface area contributed by atoms with E-state index in [2.05, 4.69) is 0 Å². The predicted molar refractivity (Wildman–Crippen MR) is 68.7 cm³/mol. The van der Waals surface area contributed by atoms with Crippen molar-refractivity contribution in [1.82, 2.24) is 4.90 Å². The molecule has 1 heterocycles. The Morgan fingerprint density at radius 3 is 2.89 bits per heavy atom. The lowest BCUT2D eigenvalue weighted by molar-refractivity contribution is -0.385. The van der Waals surface area contributed by atoms with Crippen LogP contribution in [0, 0.1) is 16.0 Å². The van der Waals surface area contributed by atoms with Crippen molar-refractivity contribution < 1.29 is 14.8 Å². The molecule has 102 valence electrons. The van der Waals surface area contributed by atoms with Gasteiger partial charge in [-0.1, -0.05) is 18.2 Å². The SMILES string of the molecule is O=C(O)C1CCCN(Cc2ccccc2[N+](=O)[O-])C1. The first-order valence-corrected chi connectivity index (χ1v) is 6.25. The second-order valence-electron chi connectivity index (χ2n) is 4.80. The summed E-state index contributed by atoms with van der Waals surface area (Å²) in [6, 6.07) is 6.61. The number of likely N-dealkylation sites (tertiary alicyclic amines) is 1. The molecule has 2 rings (SSSR count). The number of carboxylic acid groups (broad SMARTS) is 1. The Kier molecular flexibility index (Phi) is 4.11. The molecule has 19 heavy (non-hydrogen) atoms. The van der Waals surface area contributed by atoms with Crippen LogP contribution >= 0.6 is 0 Å². The maximum atomic E-state index is 11.0. The molecule has 0 aromatic heterocycles. The zero-order valence-electron chi connectivity index (χ0n) is 10.5. The van der Waals surface area contributed by atoms with Gasteiger partial charge in [-0.15, -0.1) is 0 Å². The number of hydrogen-bond acceptors (Lipinski definition) is 4. The van der Waals surface area contributed by atoms with Gasteiger partial charge < -0.3 is 5.11 Å². The zero-order valence-corrected chi connectivity index (χ0v) is 10.5. The maximum Gasteiger partial charge on any atom is 0.307 e. The second-order valence-corrected chi connectivity index (χ2v) is 4.80. The molecule has 1 saturated heterocycles. The van der Waals surface area contributed by atoms with Crippen LogP contribution in [0.4, 0.5) is 5.69 Å². The molecule has 0 amide bonds. The Morgan fingerprint density at radius 2 is 2.21 bits per heavy atom. The predicted octanol–water partition coefficient (Wildman–Crippen LogP) is 1.89. The van der Waals surface area contributed by atoms with E-state index < -0.39 is 10.9 Å². The van der Waals surface area contributed by atoms with E-state index in [1.165, 1.54) is 6.07 Å². The molecule has 1 aromatic rings. The Bertz CT molecular complexity index is 489. The number of carbonyl (C=O) groups is 1. The van der Waals surface area contributed by atoms with Gasteiger partial charge in [0.1, 0.15) is 0 Å². The van der Waals surface area contributed by atoms with E-state index in [4.69, 9.17) is 5.11 Å². The fourth-order valence-electron chi connectivity index (χ4n) is 2.46. The summed E-state index contributed by atoms with van der Waals surface area (Å²) < 4.78 is 0. The van der Waals surface area contributed by atoms with Crippen LogP contribution in [0.2, 0.25) is 0 Å². The van der Waals surface area contributed by atoms with Crippen molar-refractivity contribution in [3.63, 3.8) is 0 Å². The van der Waals surface area contributed by atoms with Crippen LogP contribution < -0.4 is 0 Å². The number of nitrogens with zero attached hydrogens (tertiary/aromatic N) is 2. The summed E-state index contributed by atoms with van der Waals surface area (Å²) in [6.07, 6.45) is 1.50. The number of carboxylic acids is 1. The number of para-hydroxylation sites is 1. The van der Waals surface area contributed by atoms with Gasteiger partial charge in [0.15, 0.2) is 0 Å². The zero-order chi connectivity index (χ0) is 13.8. The minimum atomic E-state index is -0.785. The van der Waals surface area contributed by atoms with Gasteiger partial charge in [-0.05, 0) is 19.4 Å². The van der Waals surface area contributed by atoms with Gasteiger partial charge in [0.05, 0.1) is 10.8 Å². The van der Waals surface area contributed by atoms with E-state index >= 15 is 0 Å². The minimum Gasteiger partial charge on any atom is -0.481 e. The maximum absolute atomic E-state index is 11.0. The summed E-state index contributed by atoms with van der Waals surface area (Å²) in [7, 11) is 0. The average molecular weight is 264 g/mol. The van der Waals surface area contributed by atoms with Crippen molar-refractivity contribution in [2.45, 2.75) is 19.4 Å². The number of aliphatic carboxylic acids is 1. The topological polar surface area (TPSA) is 83.7 Å². The van der Waals surface area contributed by atoms with E-state index in [1.807, 2.05) is 4.90 Å². The van der Waals surface area contributed by atoms with Crippen molar-refractivity contribution in [1.29, 1.82) is 0 Å². The number of rotatable bonds is 4. The van der Waals surface area contributed by atoms with E-state index in [-0.39, 0.29) is 11.6 Å². The highest BCUT2D eigenvalue weighted by Crippen LogP contribution is 2.23. The van der Waals surface area contributed by atoms with Crippen molar-refractivity contribution in [3.8, 4) is 0 Å². The standard InChI is InChI=1S/C13H16N2O4/c16-13(17)11-5-3-7-14(9-11)8-10-4-1-2-6-12(10)15(18)19/h1-2,4,6,11H,3,5,7-9H2,(H,16,17). The van der Waals surface area contributed by atoms with Crippen molar-refractivity contribution in [2.75, 3.05) is 13.1 Å². The lowest BCUT2D eigenvalue weighted by Gasteiger charge is -2.30. The van der Waals surface area contributed by atoms with Gasteiger partial charge in [-0.2, -0.15) is 0 Å². The summed E-state index contributed by atoms with van der Waals surface area (Å²) in [6.45, 7) is 1.68. The minimum absolute atomic E-state index is 0.0972. The van der Waals surface area contributed by atoms with Crippen LogP contribution in [0.15, 0.2) is 24.3 Å². The molecule has 0 bridgehead atoms. The van der Waals surface area contributed by atoms with Crippen LogP contribution in [-0.2, 0) is 11.3 Å². The lowest BCUT2D eigenvalue weighted by atomic mass is 9.98. The molecule has 1 N–H and O–H groups in total. The van der Waals surface area contributed by atoms with Gasteiger partial charge in [0.25, 0.3) is 5.69 Å². The third kappa shape index (κ3) is 3.29. The monoisotopic (exact) mass is 264 g/mol. The summed E-state index contributed by atoms with van der Waals surface area (Å²) in [5.41, 5.74) is 0.735. The van der Waals surface area contributed by atoms with Crippen LogP contribution in [0.1, 0.15) is 18.4 Å². The summed E-state index contributed by atoms with van der Waals surface area (Å²) in [4.78, 5) is 23.5. The van der Waals surface area contributed by atoms with Gasteiger partial charge >= 0.3 is 5.97 Å². The van der Waals surface area contributed by atoms with E-state index in [1.54, 1.807) is 18.2 Å². The highest BCUT2D eigenvalue weighted by molar-refractivity contribution is 5.70. The van der Waals surface area contributed by atoms with Crippen LogP contribution in [0.3, 0.4) is 0 Å². The third-order valence-corrected chi connectivity index (χ3v) is 3.44. The molecule has 1 atom stereocenters. The van der Waals surface area contributed by atoms with E-state index in [9.17, 15) is 14.9 Å².